The Bertz CT molecular complexity index is 972. The van der Waals surface area contributed by atoms with Crippen LogP contribution in [0.4, 0.5) is 11.4 Å². The molecule has 1 aliphatic heterocycles. The molecule has 2 N–H and O–H groups in total. The molecule has 1 aliphatic rings. The highest BCUT2D eigenvalue weighted by atomic mass is 32.2. The van der Waals surface area contributed by atoms with E-state index >= 15 is 0 Å². The van der Waals surface area contributed by atoms with Crippen molar-refractivity contribution in [3.8, 4) is 5.75 Å². The number of aromatic carboxylic acids is 1. The number of nitrogens with one attached hydrogen (secondary N) is 1. The van der Waals surface area contributed by atoms with Gasteiger partial charge in [-0.15, -0.1) is 0 Å². The zero-order chi connectivity index (χ0) is 19.6. The summed E-state index contributed by atoms with van der Waals surface area (Å²) in [5.74, 6) is -1.39. The maximum Gasteiger partial charge on any atom is 0.335 e. The molecule has 0 unspecified atom stereocenters. The van der Waals surface area contributed by atoms with Crippen LogP contribution in [0.15, 0.2) is 48.5 Å². The second kappa shape index (κ2) is 7.28. The molecule has 0 aliphatic carbocycles. The minimum Gasteiger partial charge on any atom is -0.478 e. The van der Waals surface area contributed by atoms with Crippen molar-refractivity contribution < 1.29 is 27.9 Å². The van der Waals surface area contributed by atoms with Gasteiger partial charge in [0.1, 0.15) is 5.75 Å². The van der Waals surface area contributed by atoms with Crippen molar-refractivity contribution in [3.63, 3.8) is 0 Å². The summed E-state index contributed by atoms with van der Waals surface area (Å²) in [6, 6.07) is 12.3. The lowest BCUT2D eigenvalue weighted by Gasteiger charge is -2.34. The van der Waals surface area contributed by atoms with Crippen LogP contribution in [-0.2, 0) is 14.8 Å². The van der Waals surface area contributed by atoms with E-state index in [1.54, 1.807) is 24.3 Å². The normalized spacial score (nSPS) is 16.2. The minimum absolute atomic E-state index is 0.0936. The SMILES string of the molecule is CCS(=O)(=O)N1C[C@H](C(=O)Nc2ccc(C(=O)O)cc2)Oc2ccccc21. The Labute approximate surface area is 156 Å². The van der Waals surface area contributed by atoms with Gasteiger partial charge < -0.3 is 15.2 Å². The first-order valence-electron chi connectivity index (χ1n) is 8.22. The van der Waals surface area contributed by atoms with Gasteiger partial charge in [-0.25, -0.2) is 13.2 Å². The van der Waals surface area contributed by atoms with Gasteiger partial charge in [-0.2, -0.15) is 0 Å². The Morgan fingerprint density at radius 2 is 1.85 bits per heavy atom. The third-order valence-electron chi connectivity index (χ3n) is 4.13. The van der Waals surface area contributed by atoms with Crippen molar-refractivity contribution in [1.29, 1.82) is 0 Å². The molecule has 3 rings (SSSR count). The van der Waals surface area contributed by atoms with Crippen molar-refractivity contribution in [2.75, 3.05) is 21.9 Å². The van der Waals surface area contributed by atoms with Crippen LogP contribution in [0.3, 0.4) is 0 Å². The molecule has 142 valence electrons. The number of anilines is 2. The number of carbonyl (C=O) groups excluding carboxylic acids is 1. The molecule has 27 heavy (non-hydrogen) atoms. The lowest BCUT2D eigenvalue weighted by Crippen LogP contribution is -2.49. The smallest absolute Gasteiger partial charge is 0.335 e. The van der Waals surface area contributed by atoms with Gasteiger partial charge in [0, 0.05) is 5.69 Å². The summed E-state index contributed by atoms with van der Waals surface area (Å²) in [7, 11) is -3.58. The van der Waals surface area contributed by atoms with Crippen LogP contribution in [0.2, 0.25) is 0 Å². The Morgan fingerprint density at radius 3 is 2.48 bits per heavy atom. The third kappa shape index (κ3) is 3.87. The number of ether oxygens (including phenoxy) is 1. The first kappa shape index (κ1) is 18.7. The number of amides is 1. The van der Waals surface area contributed by atoms with E-state index in [0.717, 1.165) is 0 Å². The fourth-order valence-corrected chi connectivity index (χ4v) is 3.80. The zero-order valence-electron chi connectivity index (χ0n) is 14.5. The molecule has 0 fully saturated rings. The van der Waals surface area contributed by atoms with Gasteiger partial charge in [-0.3, -0.25) is 9.10 Å². The van der Waals surface area contributed by atoms with E-state index in [0.29, 0.717) is 17.1 Å². The molecule has 2 aromatic rings. The number of para-hydroxylation sites is 2. The maximum absolute atomic E-state index is 12.6. The monoisotopic (exact) mass is 390 g/mol. The van der Waals surface area contributed by atoms with Crippen LogP contribution in [-0.4, -0.2) is 43.8 Å². The van der Waals surface area contributed by atoms with Gasteiger partial charge in [0.25, 0.3) is 5.91 Å². The van der Waals surface area contributed by atoms with Crippen LogP contribution < -0.4 is 14.4 Å². The molecule has 0 aromatic heterocycles. The number of fused-ring (bicyclic) bond motifs is 1. The predicted octanol–water partition coefficient (Wildman–Crippen LogP) is 1.94. The molecular weight excluding hydrogens is 372 g/mol. The number of sulfonamides is 1. The van der Waals surface area contributed by atoms with Gasteiger partial charge in [0.15, 0.2) is 6.10 Å². The summed E-state index contributed by atoms with van der Waals surface area (Å²) >= 11 is 0. The van der Waals surface area contributed by atoms with E-state index < -0.39 is 28.0 Å². The molecule has 1 heterocycles. The number of hydrogen-bond acceptors (Lipinski definition) is 5. The number of carboxylic acid groups (broad SMARTS) is 1. The standard InChI is InChI=1S/C18H18N2O6S/c1-2-27(24,25)20-11-16(26-15-6-4-3-5-14(15)20)17(21)19-13-9-7-12(8-10-13)18(22)23/h3-10,16H,2,11H2,1H3,(H,19,21)(H,22,23)/t16-/m1/s1. The number of nitrogens with zero attached hydrogens (tertiary/aromatic N) is 1. The molecule has 0 spiro atoms. The summed E-state index contributed by atoms with van der Waals surface area (Å²) in [6.45, 7) is 1.39. The van der Waals surface area contributed by atoms with Crippen molar-refractivity contribution in [3.05, 3.63) is 54.1 Å². The molecule has 1 amide bonds. The lowest BCUT2D eigenvalue weighted by atomic mass is 10.2. The predicted molar refractivity (Wildman–Crippen MR) is 99.7 cm³/mol. The molecule has 0 bridgehead atoms. The molecule has 8 nitrogen and oxygen atoms in total. The fourth-order valence-electron chi connectivity index (χ4n) is 2.68. The highest BCUT2D eigenvalue weighted by Gasteiger charge is 2.35. The molecule has 0 radical (unpaired) electrons. The van der Waals surface area contributed by atoms with Crippen molar-refractivity contribution in [2.24, 2.45) is 0 Å². The maximum atomic E-state index is 12.6. The van der Waals surface area contributed by atoms with E-state index in [1.165, 1.54) is 35.5 Å². The third-order valence-corrected chi connectivity index (χ3v) is 5.87. The average Bonchev–Trinajstić information content (AvgIpc) is 2.67. The molecular formula is C18H18N2O6S. The van der Waals surface area contributed by atoms with Gasteiger partial charge in [-0.05, 0) is 43.3 Å². The Morgan fingerprint density at radius 1 is 1.19 bits per heavy atom. The second-order valence-corrected chi connectivity index (χ2v) is 8.06. The number of hydrogen-bond donors (Lipinski definition) is 2. The van der Waals surface area contributed by atoms with Crippen molar-refractivity contribution in [2.45, 2.75) is 13.0 Å². The average molecular weight is 390 g/mol. The topological polar surface area (TPSA) is 113 Å². The highest BCUT2D eigenvalue weighted by Crippen LogP contribution is 2.35. The van der Waals surface area contributed by atoms with Crippen LogP contribution in [0.25, 0.3) is 0 Å². The van der Waals surface area contributed by atoms with Crippen molar-refractivity contribution in [1.82, 2.24) is 0 Å². The van der Waals surface area contributed by atoms with E-state index in [2.05, 4.69) is 5.32 Å². The van der Waals surface area contributed by atoms with Crippen LogP contribution >= 0.6 is 0 Å². The molecule has 0 saturated heterocycles. The number of rotatable bonds is 5. The summed E-state index contributed by atoms with van der Waals surface area (Å²) < 4.78 is 31.7. The van der Waals surface area contributed by atoms with Crippen LogP contribution in [0.1, 0.15) is 17.3 Å². The summed E-state index contributed by atoms with van der Waals surface area (Å²) in [5, 5.41) is 11.5. The molecule has 9 heteroatoms. The first-order chi connectivity index (χ1) is 12.8. The van der Waals surface area contributed by atoms with Crippen LogP contribution in [0, 0.1) is 0 Å². The minimum atomic E-state index is -3.58. The first-order valence-corrected chi connectivity index (χ1v) is 9.83. The van der Waals surface area contributed by atoms with Gasteiger partial charge in [0.2, 0.25) is 10.0 Å². The number of carbonyl (C=O) groups is 2. The van der Waals surface area contributed by atoms with Gasteiger partial charge in [0.05, 0.1) is 23.5 Å². The largest absolute Gasteiger partial charge is 0.478 e. The summed E-state index contributed by atoms with van der Waals surface area (Å²) in [6.07, 6.45) is -1.04. The fraction of sp³-hybridized carbons (Fsp3) is 0.222. The summed E-state index contributed by atoms with van der Waals surface area (Å²) in [4.78, 5) is 23.5. The van der Waals surface area contributed by atoms with E-state index in [1.807, 2.05) is 0 Å². The number of benzene rings is 2. The molecule has 0 saturated carbocycles. The van der Waals surface area contributed by atoms with Gasteiger partial charge in [-0.1, -0.05) is 12.1 Å². The molecule has 1 atom stereocenters. The Hall–Kier alpha value is -3.07. The number of carboxylic acids is 1. The Kier molecular flexibility index (Phi) is 5.04. The lowest BCUT2D eigenvalue weighted by molar-refractivity contribution is -0.122. The van der Waals surface area contributed by atoms with Crippen LogP contribution in [0.5, 0.6) is 5.75 Å². The highest BCUT2D eigenvalue weighted by molar-refractivity contribution is 7.92. The van der Waals surface area contributed by atoms with Gasteiger partial charge >= 0.3 is 5.97 Å². The van der Waals surface area contributed by atoms with Crippen molar-refractivity contribution >= 4 is 33.3 Å². The second-order valence-electron chi connectivity index (χ2n) is 5.88. The van der Waals surface area contributed by atoms with E-state index in [4.69, 9.17) is 9.84 Å². The Balaban J connectivity index is 1.82. The zero-order valence-corrected chi connectivity index (χ0v) is 15.3. The summed E-state index contributed by atoms with van der Waals surface area (Å²) in [5.41, 5.74) is 0.877. The van der Waals surface area contributed by atoms with E-state index in [9.17, 15) is 18.0 Å². The molecule has 2 aromatic carbocycles. The quantitative estimate of drug-likeness (QED) is 0.807. The van der Waals surface area contributed by atoms with E-state index in [-0.39, 0.29) is 17.9 Å².